The van der Waals surface area contributed by atoms with Crippen molar-refractivity contribution < 1.29 is 23.5 Å². The first-order valence-corrected chi connectivity index (χ1v) is 6.18. The highest BCUT2D eigenvalue weighted by Crippen LogP contribution is 2.11. The lowest BCUT2D eigenvalue weighted by Crippen LogP contribution is -2.41. The molecule has 2 N–H and O–H groups in total. The lowest BCUT2D eigenvalue weighted by molar-refractivity contribution is 0.135. The molecule has 6 nitrogen and oxygen atoms in total. The van der Waals surface area contributed by atoms with Crippen LogP contribution < -0.4 is 10.6 Å². The quantitative estimate of drug-likeness (QED) is 0.813. The molecule has 0 aliphatic carbocycles. The highest BCUT2D eigenvalue weighted by Gasteiger charge is 2.18. The van der Waals surface area contributed by atoms with Crippen LogP contribution in [0.2, 0.25) is 0 Å². The normalized spacial score (nSPS) is 10.0. The van der Waals surface area contributed by atoms with Gasteiger partial charge in [0.25, 0.3) is 0 Å². The van der Waals surface area contributed by atoms with Crippen molar-refractivity contribution in [3.8, 4) is 0 Å². The number of alkyl carbamates (subject to hydrolysis) is 2. The van der Waals surface area contributed by atoms with Crippen molar-refractivity contribution in [1.29, 1.82) is 0 Å². The van der Waals surface area contributed by atoms with Gasteiger partial charge in [0.1, 0.15) is 12.0 Å². The minimum Gasteiger partial charge on any atom is -0.450 e. The number of benzene rings is 1. The molecule has 20 heavy (non-hydrogen) atoms. The van der Waals surface area contributed by atoms with Gasteiger partial charge in [-0.1, -0.05) is 12.1 Å². The van der Waals surface area contributed by atoms with Crippen LogP contribution in [0.3, 0.4) is 0 Å². The minimum absolute atomic E-state index is 0.196. The van der Waals surface area contributed by atoms with E-state index in [-0.39, 0.29) is 13.2 Å². The summed E-state index contributed by atoms with van der Waals surface area (Å²) in [6, 6.07) is 5.33. The number of nitrogens with one attached hydrogen (secondary N) is 2. The van der Waals surface area contributed by atoms with Gasteiger partial charge < -0.3 is 9.47 Å². The highest BCUT2D eigenvalue weighted by atomic mass is 19.1. The number of carbonyl (C=O) groups excluding carboxylic acids is 2. The van der Waals surface area contributed by atoms with Crippen LogP contribution in [0, 0.1) is 5.82 Å². The summed E-state index contributed by atoms with van der Waals surface area (Å²) in [6.45, 7) is 3.71. The third-order valence-electron chi connectivity index (χ3n) is 2.28. The van der Waals surface area contributed by atoms with Gasteiger partial charge in [-0.25, -0.2) is 14.0 Å². The van der Waals surface area contributed by atoms with Gasteiger partial charge in [-0.3, -0.25) is 10.6 Å². The number of ether oxygens (including phenoxy) is 2. The molecule has 0 saturated heterocycles. The van der Waals surface area contributed by atoms with Crippen LogP contribution in [0.5, 0.6) is 0 Å². The van der Waals surface area contributed by atoms with Gasteiger partial charge in [-0.15, -0.1) is 0 Å². The van der Waals surface area contributed by atoms with Crippen LogP contribution in [-0.2, 0) is 9.47 Å². The third kappa shape index (κ3) is 5.13. The first-order chi connectivity index (χ1) is 9.56. The molecule has 1 aromatic rings. The molecule has 0 spiro atoms. The summed E-state index contributed by atoms with van der Waals surface area (Å²) < 4.78 is 22.4. The molecular weight excluding hydrogens is 267 g/mol. The molecule has 0 aliphatic heterocycles. The zero-order chi connectivity index (χ0) is 15.0. The summed E-state index contributed by atoms with van der Waals surface area (Å²) in [6.07, 6.45) is -2.26. The average molecular weight is 284 g/mol. The lowest BCUT2D eigenvalue weighted by Gasteiger charge is -2.19. The SMILES string of the molecule is CCOC(=O)NC(NC(=O)OCC)c1ccc(F)cc1. The van der Waals surface area contributed by atoms with Crippen LogP contribution in [-0.4, -0.2) is 25.4 Å². The molecule has 0 fully saturated rings. The summed E-state index contributed by atoms with van der Waals surface area (Å²) in [5.41, 5.74) is 0.493. The number of hydrogen-bond acceptors (Lipinski definition) is 4. The molecule has 0 aliphatic rings. The van der Waals surface area contributed by atoms with Gasteiger partial charge in [-0.05, 0) is 31.5 Å². The molecule has 0 bridgehead atoms. The Morgan fingerprint density at radius 2 is 1.50 bits per heavy atom. The molecule has 110 valence electrons. The third-order valence-corrected chi connectivity index (χ3v) is 2.28. The molecule has 1 aromatic carbocycles. The topological polar surface area (TPSA) is 76.7 Å². The van der Waals surface area contributed by atoms with E-state index in [4.69, 9.17) is 9.47 Å². The van der Waals surface area contributed by atoms with Crippen LogP contribution in [0.15, 0.2) is 24.3 Å². The van der Waals surface area contributed by atoms with E-state index in [9.17, 15) is 14.0 Å². The van der Waals surface area contributed by atoms with Gasteiger partial charge in [0.2, 0.25) is 0 Å². The Morgan fingerprint density at radius 3 is 1.90 bits per heavy atom. The van der Waals surface area contributed by atoms with E-state index in [1.165, 1.54) is 24.3 Å². The Bertz CT molecular complexity index is 430. The summed E-state index contributed by atoms with van der Waals surface area (Å²) in [5.74, 6) is -0.417. The Morgan fingerprint density at radius 1 is 1.05 bits per heavy atom. The van der Waals surface area contributed by atoms with Crippen molar-refractivity contribution in [1.82, 2.24) is 10.6 Å². The Kier molecular flexibility index (Phi) is 6.28. The van der Waals surface area contributed by atoms with Gasteiger partial charge >= 0.3 is 12.2 Å². The molecule has 2 amide bonds. The van der Waals surface area contributed by atoms with E-state index in [0.717, 1.165) is 0 Å². The van der Waals surface area contributed by atoms with Gasteiger partial charge in [0, 0.05) is 0 Å². The molecule has 0 unspecified atom stereocenters. The highest BCUT2D eigenvalue weighted by molar-refractivity contribution is 5.71. The van der Waals surface area contributed by atoms with Crippen molar-refractivity contribution in [2.24, 2.45) is 0 Å². The summed E-state index contributed by atoms with van der Waals surface area (Å²) in [7, 11) is 0. The van der Waals surface area contributed by atoms with Crippen molar-refractivity contribution in [3.05, 3.63) is 35.6 Å². The van der Waals surface area contributed by atoms with Crippen LogP contribution in [0.1, 0.15) is 25.6 Å². The molecule has 0 aromatic heterocycles. The fourth-order valence-electron chi connectivity index (χ4n) is 1.44. The summed E-state index contributed by atoms with van der Waals surface area (Å²) >= 11 is 0. The fraction of sp³-hybridized carbons (Fsp3) is 0.385. The maximum absolute atomic E-state index is 12.9. The number of hydrogen-bond donors (Lipinski definition) is 2. The average Bonchev–Trinajstić information content (AvgIpc) is 2.39. The lowest BCUT2D eigenvalue weighted by atomic mass is 10.1. The molecule has 0 atom stereocenters. The molecular formula is C13H17FN2O4. The van der Waals surface area contributed by atoms with E-state index < -0.39 is 24.2 Å². The van der Waals surface area contributed by atoms with Gasteiger partial charge in [0.05, 0.1) is 13.2 Å². The minimum atomic E-state index is -0.867. The van der Waals surface area contributed by atoms with Crippen molar-refractivity contribution in [2.45, 2.75) is 20.0 Å². The van der Waals surface area contributed by atoms with Gasteiger partial charge in [0.15, 0.2) is 0 Å². The van der Waals surface area contributed by atoms with Crippen molar-refractivity contribution in [3.63, 3.8) is 0 Å². The monoisotopic (exact) mass is 284 g/mol. The van der Waals surface area contributed by atoms with Crippen LogP contribution in [0.4, 0.5) is 14.0 Å². The van der Waals surface area contributed by atoms with E-state index >= 15 is 0 Å². The Labute approximate surface area is 116 Å². The molecule has 7 heteroatoms. The molecule has 0 heterocycles. The summed E-state index contributed by atoms with van der Waals surface area (Å²) in [4.78, 5) is 22.9. The molecule has 1 rings (SSSR count). The maximum Gasteiger partial charge on any atom is 0.409 e. The van der Waals surface area contributed by atoms with E-state index in [2.05, 4.69) is 10.6 Å². The molecule has 0 radical (unpaired) electrons. The van der Waals surface area contributed by atoms with E-state index in [1.54, 1.807) is 13.8 Å². The van der Waals surface area contributed by atoms with Crippen LogP contribution >= 0.6 is 0 Å². The predicted octanol–water partition coefficient (Wildman–Crippen LogP) is 2.32. The largest absolute Gasteiger partial charge is 0.450 e. The predicted molar refractivity (Wildman–Crippen MR) is 69.5 cm³/mol. The zero-order valence-electron chi connectivity index (χ0n) is 11.3. The second-order valence-corrected chi connectivity index (χ2v) is 3.71. The van der Waals surface area contributed by atoms with Crippen LogP contribution in [0.25, 0.3) is 0 Å². The summed E-state index contributed by atoms with van der Waals surface area (Å²) in [5, 5.41) is 4.89. The Hall–Kier alpha value is -2.31. The fourth-order valence-corrected chi connectivity index (χ4v) is 1.44. The second-order valence-electron chi connectivity index (χ2n) is 3.71. The first-order valence-electron chi connectivity index (χ1n) is 6.18. The number of halogens is 1. The molecule has 0 saturated carbocycles. The van der Waals surface area contributed by atoms with E-state index in [1.807, 2.05) is 0 Å². The van der Waals surface area contributed by atoms with E-state index in [0.29, 0.717) is 5.56 Å². The zero-order valence-corrected chi connectivity index (χ0v) is 11.3. The van der Waals surface area contributed by atoms with Crippen molar-refractivity contribution >= 4 is 12.2 Å². The first kappa shape index (κ1) is 15.7. The number of rotatable bonds is 5. The smallest absolute Gasteiger partial charge is 0.409 e. The number of amides is 2. The standard InChI is InChI=1S/C13H17FN2O4/c1-3-19-12(17)15-11(16-13(18)20-4-2)9-5-7-10(14)8-6-9/h5-8,11H,3-4H2,1-2H3,(H,15,17)(H,16,18). The number of carbonyl (C=O) groups is 2. The second kappa shape index (κ2) is 7.98. The Balaban J connectivity index is 2.80. The van der Waals surface area contributed by atoms with Gasteiger partial charge in [-0.2, -0.15) is 0 Å². The van der Waals surface area contributed by atoms with Crippen molar-refractivity contribution in [2.75, 3.05) is 13.2 Å². The maximum atomic E-state index is 12.9.